The molecular weight excluding hydrogens is 310 g/mol. The number of aliphatic hydroxyl groups is 1. The van der Waals surface area contributed by atoms with E-state index in [1.54, 1.807) is 30.3 Å². The average Bonchev–Trinajstić information content (AvgIpc) is 2.56. The molecule has 2 aromatic carbocycles. The van der Waals surface area contributed by atoms with Crippen LogP contribution in [0.5, 0.6) is 11.5 Å². The lowest BCUT2D eigenvalue weighted by molar-refractivity contribution is 0.176. The molecule has 0 aliphatic heterocycles. The number of halogens is 1. The van der Waals surface area contributed by atoms with Gasteiger partial charge in [0.05, 0.1) is 0 Å². The van der Waals surface area contributed by atoms with Gasteiger partial charge in [-0.25, -0.2) is 4.39 Å². The number of hydrogen-bond donors (Lipinski definition) is 1. The molecule has 0 saturated carbocycles. The first-order valence-corrected chi connectivity index (χ1v) is 8.03. The molecule has 0 amide bonds. The molecule has 5 nitrogen and oxygen atoms in total. The highest BCUT2D eigenvalue weighted by molar-refractivity contribution is 7.53. The van der Waals surface area contributed by atoms with Crippen LogP contribution in [0, 0.1) is 5.82 Å². The minimum atomic E-state index is -3.73. The van der Waals surface area contributed by atoms with Crippen LogP contribution < -0.4 is 4.74 Å². The Kier molecular flexibility index (Phi) is 5.32. The van der Waals surface area contributed by atoms with Gasteiger partial charge < -0.3 is 18.9 Å². The van der Waals surface area contributed by atoms with Crippen molar-refractivity contribution in [2.24, 2.45) is 0 Å². The Morgan fingerprint density at radius 2 is 1.73 bits per heavy atom. The maximum Gasteiger partial charge on any atom is 0.362 e. The summed E-state index contributed by atoms with van der Waals surface area (Å²) in [5.74, 6) is -1.80. The quantitative estimate of drug-likeness (QED) is 0.810. The minimum Gasteiger partial charge on any atom is -0.454 e. The molecule has 7 heteroatoms. The number of aliphatic hydroxyl groups excluding tert-OH is 1. The van der Waals surface area contributed by atoms with E-state index in [2.05, 4.69) is 0 Å². The van der Waals surface area contributed by atoms with E-state index in [9.17, 15) is 14.1 Å². The van der Waals surface area contributed by atoms with Gasteiger partial charge in [0.1, 0.15) is 5.75 Å². The second kappa shape index (κ2) is 7.03. The molecule has 0 radical (unpaired) electrons. The summed E-state index contributed by atoms with van der Waals surface area (Å²) < 4.78 is 40.9. The first kappa shape index (κ1) is 16.6. The lowest BCUT2D eigenvalue weighted by Crippen LogP contribution is -2.03. The largest absolute Gasteiger partial charge is 0.454 e. The zero-order valence-corrected chi connectivity index (χ0v) is 13.0. The van der Waals surface area contributed by atoms with E-state index in [1.807, 2.05) is 0 Å². The van der Waals surface area contributed by atoms with Crippen molar-refractivity contribution in [2.75, 3.05) is 14.2 Å². The van der Waals surface area contributed by atoms with E-state index in [1.165, 1.54) is 26.4 Å². The number of hydrogen-bond acceptors (Lipinski definition) is 5. The van der Waals surface area contributed by atoms with Crippen LogP contribution in [0.1, 0.15) is 11.4 Å². The van der Waals surface area contributed by atoms with Crippen molar-refractivity contribution in [3.8, 4) is 11.5 Å². The third-order valence-electron chi connectivity index (χ3n) is 3.03. The number of benzene rings is 2. The fourth-order valence-corrected chi connectivity index (χ4v) is 2.91. The van der Waals surface area contributed by atoms with Gasteiger partial charge in [-0.1, -0.05) is 24.3 Å². The van der Waals surface area contributed by atoms with E-state index < -0.39 is 19.3 Å². The van der Waals surface area contributed by atoms with Gasteiger partial charge in [-0.05, 0) is 29.8 Å². The molecule has 0 spiro atoms. The molecule has 0 aromatic heterocycles. The molecule has 0 aliphatic rings. The van der Waals surface area contributed by atoms with Crippen molar-refractivity contribution in [3.05, 3.63) is 59.9 Å². The SMILES string of the molecule is COP(=O)(OC)C(O)c1ccc(F)c(Oc2ccccc2)c1. The lowest BCUT2D eigenvalue weighted by atomic mass is 10.2. The molecule has 1 N–H and O–H groups in total. The minimum absolute atomic E-state index is 0.0958. The number of rotatable bonds is 6. The van der Waals surface area contributed by atoms with Crippen LogP contribution in [-0.4, -0.2) is 19.3 Å². The van der Waals surface area contributed by atoms with Gasteiger partial charge >= 0.3 is 7.60 Å². The lowest BCUT2D eigenvalue weighted by Gasteiger charge is -2.20. The molecule has 0 saturated heterocycles. The highest BCUT2D eigenvalue weighted by atomic mass is 31.2. The Hall–Kier alpha value is -1.72. The maximum atomic E-state index is 13.8. The van der Waals surface area contributed by atoms with Crippen LogP contribution in [0.2, 0.25) is 0 Å². The van der Waals surface area contributed by atoms with Crippen molar-refractivity contribution < 1.29 is 27.8 Å². The fraction of sp³-hybridized carbons (Fsp3) is 0.200. The highest BCUT2D eigenvalue weighted by Crippen LogP contribution is 2.58. The number of para-hydroxylation sites is 1. The van der Waals surface area contributed by atoms with Crippen LogP contribution in [-0.2, 0) is 13.6 Å². The summed E-state index contributed by atoms with van der Waals surface area (Å²) in [6.07, 6.45) is 0. The average molecular weight is 326 g/mol. The van der Waals surface area contributed by atoms with Crippen molar-refractivity contribution in [1.29, 1.82) is 0 Å². The summed E-state index contributed by atoms with van der Waals surface area (Å²) in [4.78, 5) is 0. The first-order valence-electron chi connectivity index (χ1n) is 6.42. The summed E-state index contributed by atoms with van der Waals surface area (Å²) in [5.41, 5.74) is 0.166. The third-order valence-corrected chi connectivity index (χ3v) is 4.95. The van der Waals surface area contributed by atoms with Gasteiger partial charge in [-0.15, -0.1) is 0 Å². The zero-order valence-electron chi connectivity index (χ0n) is 12.1. The molecule has 1 unspecified atom stereocenters. The standard InChI is InChI=1S/C15H16FO5P/c1-19-22(18,20-2)15(17)11-8-9-13(16)14(10-11)21-12-6-4-3-5-7-12/h3-10,15,17H,1-2H3. The van der Waals surface area contributed by atoms with Crippen LogP contribution in [0.25, 0.3) is 0 Å². The zero-order chi connectivity index (χ0) is 16.2. The molecule has 0 bridgehead atoms. The maximum absolute atomic E-state index is 13.8. The topological polar surface area (TPSA) is 65.0 Å². The molecule has 1 atom stereocenters. The third kappa shape index (κ3) is 3.54. The summed E-state index contributed by atoms with van der Waals surface area (Å²) >= 11 is 0. The van der Waals surface area contributed by atoms with Gasteiger partial charge in [0.2, 0.25) is 0 Å². The Morgan fingerprint density at radius 3 is 2.32 bits per heavy atom. The van der Waals surface area contributed by atoms with Gasteiger partial charge in [0.15, 0.2) is 17.4 Å². The molecular formula is C15H16FO5P. The first-order chi connectivity index (χ1) is 10.5. The summed E-state index contributed by atoms with van der Waals surface area (Å²) in [6.45, 7) is 0. The Bertz CT molecular complexity index is 669. The summed E-state index contributed by atoms with van der Waals surface area (Å²) in [5, 5.41) is 10.1. The van der Waals surface area contributed by atoms with Crippen LogP contribution in [0.4, 0.5) is 4.39 Å². The molecule has 2 aromatic rings. The predicted molar refractivity (Wildman–Crippen MR) is 79.5 cm³/mol. The molecule has 0 heterocycles. The van der Waals surface area contributed by atoms with Crippen molar-refractivity contribution in [3.63, 3.8) is 0 Å². The van der Waals surface area contributed by atoms with Crippen molar-refractivity contribution in [1.82, 2.24) is 0 Å². The van der Waals surface area contributed by atoms with Crippen molar-refractivity contribution >= 4 is 7.60 Å². The van der Waals surface area contributed by atoms with E-state index in [0.29, 0.717) is 5.75 Å². The number of ether oxygens (including phenoxy) is 1. The molecule has 0 fully saturated rings. The van der Waals surface area contributed by atoms with E-state index >= 15 is 0 Å². The van der Waals surface area contributed by atoms with Gasteiger partial charge in [-0.3, -0.25) is 4.57 Å². The smallest absolute Gasteiger partial charge is 0.362 e. The van der Waals surface area contributed by atoms with Gasteiger partial charge in [0.25, 0.3) is 0 Å². The van der Waals surface area contributed by atoms with E-state index in [0.717, 1.165) is 6.07 Å². The second-order valence-corrected chi connectivity index (χ2v) is 6.68. The van der Waals surface area contributed by atoms with Gasteiger partial charge in [-0.2, -0.15) is 0 Å². The van der Waals surface area contributed by atoms with E-state index in [4.69, 9.17) is 13.8 Å². The summed E-state index contributed by atoms with van der Waals surface area (Å²) in [7, 11) is -1.40. The molecule has 2 rings (SSSR count). The van der Waals surface area contributed by atoms with Crippen LogP contribution in [0.3, 0.4) is 0 Å². The summed E-state index contributed by atoms with van der Waals surface area (Å²) in [6, 6.07) is 12.3. The monoisotopic (exact) mass is 326 g/mol. The van der Waals surface area contributed by atoms with Crippen molar-refractivity contribution in [2.45, 2.75) is 5.85 Å². The Labute approximate surface area is 127 Å². The fourth-order valence-electron chi connectivity index (χ4n) is 1.83. The normalized spacial score (nSPS) is 12.9. The Morgan fingerprint density at radius 1 is 1.09 bits per heavy atom. The molecule has 0 aliphatic carbocycles. The highest BCUT2D eigenvalue weighted by Gasteiger charge is 2.34. The van der Waals surface area contributed by atoms with Gasteiger partial charge in [0, 0.05) is 14.2 Å². The predicted octanol–water partition coefficient (Wildman–Crippen LogP) is 4.09. The van der Waals surface area contributed by atoms with Crippen LogP contribution >= 0.6 is 7.60 Å². The molecule has 118 valence electrons. The van der Waals surface area contributed by atoms with Crippen LogP contribution in [0.15, 0.2) is 48.5 Å². The molecule has 22 heavy (non-hydrogen) atoms. The Balaban J connectivity index is 2.32. The van der Waals surface area contributed by atoms with E-state index in [-0.39, 0.29) is 11.3 Å². The second-order valence-electron chi connectivity index (χ2n) is 4.38.